The van der Waals surface area contributed by atoms with Gasteiger partial charge in [-0.3, -0.25) is 0 Å². The summed E-state index contributed by atoms with van der Waals surface area (Å²) in [5.41, 5.74) is 14.8. The SMILES string of the molecule is C=C1C=C(C)N(c2c(C(C)C)cccc2C(C)C)[Si](=C2N(C(C)C)C(C)=C(C)N2C(C)C)N1c1c(C(C)C)cccc1C(C)C. The van der Waals surface area contributed by atoms with Gasteiger partial charge in [0.15, 0.2) is 0 Å². The van der Waals surface area contributed by atoms with Gasteiger partial charge in [0.05, 0.1) is 0 Å². The number of anilines is 2. The fraction of sp³-hybridized carbons (Fsp3) is 0.525. The van der Waals surface area contributed by atoms with Crippen molar-refractivity contribution in [2.24, 2.45) is 0 Å². The number of para-hydroxylation sites is 2. The Morgan fingerprint density at radius 2 is 0.867 bits per heavy atom. The maximum atomic E-state index is 4.85. The number of hydrogen-bond acceptors (Lipinski definition) is 4. The van der Waals surface area contributed by atoms with Crippen molar-refractivity contribution in [3.8, 4) is 0 Å². The minimum atomic E-state index is -1.75. The van der Waals surface area contributed by atoms with Crippen LogP contribution in [0.5, 0.6) is 0 Å². The van der Waals surface area contributed by atoms with E-state index in [9.17, 15) is 0 Å². The van der Waals surface area contributed by atoms with Crippen molar-refractivity contribution in [2.75, 3.05) is 9.13 Å². The second-order valence-corrected chi connectivity index (χ2v) is 16.9. The van der Waals surface area contributed by atoms with Gasteiger partial charge >= 0.3 is 8.73 Å². The molecule has 0 unspecified atom stereocenters. The third kappa shape index (κ3) is 6.10. The molecule has 2 aliphatic heterocycles. The lowest BCUT2D eigenvalue weighted by molar-refractivity contribution is 0.386. The highest BCUT2D eigenvalue weighted by Gasteiger charge is 2.44. The monoisotopic (exact) mass is 624 g/mol. The van der Waals surface area contributed by atoms with Crippen LogP contribution < -0.4 is 9.13 Å². The average molecular weight is 625 g/mol. The second kappa shape index (κ2) is 13.4. The van der Waals surface area contributed by atoms with E-state index in [1.165, 1.54) is 56.1 Å². The zero-order valence-electron chi connectivity index (χ0n) is 31.0. The molecule has 244 valence electrons. The predicted octanol–water partition coefficient (Wildman–Crippen LogP) is 10.8. The van der Waals surface area contributed by atoms with Gasteiger partial charge in [0.1, 0.15) is 5.42 Å². The molecule has 45 heavy (non-hydrogen) atoms. The van der Waals surface area contributed by atoms with Gasteiger partial charge in [-0.2, -0.15) is 0 Å². The first-order valence-corrected chi connectivity index (χ1v) is 18.6. The summed E-state index contributed by atoms with van der Waals surface area (Å²) in [6, 6.07) is 14.6. The molecule has 2 aliphatic rings. The van der Waals surface area contributed by atoms with E-state index in [2.05, 4.69) is 165 Å². The molecule has 0 radical (unpaired) electrons. The number of allylic oxidation sites excluding steroid dienone is 4. The Bertz CT molecular complexity index is 1460. The fourth-order valence-corrected chi connectivity index (χ4v) is 10.9. The molecule has 0 saturated heterocycles. The molecule has 0 amide bonds. The van der Waals surface area contributed by atoms with Gasteiger partial charge in [0.2, 0.25) is 0 Å². The number of benzene rings is 2. The third-order valence-corrected chi connectivity index (χ3v) is 12.3. The molecule has 0 N–H and O–H groups in total. The van der Waals surface area contributed by atoms with Crippen LogP contribution >= 0.6 is 0 Å². The Morgan fingerprint density at radius 3 is 1.18 bits per heavy atom. The molecule has 0 aromatic heterocycles. The lowest BCUT2D eigenvalue weighted by atomic mass is 9.92. The lowest BCUT2D eigenvalue weighted by Gasteiger charge is -2.47. The van der Waals surface area contributed by atoms with Crippen molar-refractivity contribution < 1.29 is 0 Å². The van der Waals surface area contributed by atoms with Crippen LogP contribution in [0.2, 0.25) is 0 Å². The number of hydrogen-bond donors (Lipinski definition) is 0. The van der Waals surface area contributed by atoms with Crippen molar-refractivity contribution in [3.05, 3.63) is 94.1 Å². The molecule has 2 heterocycles. The summed E-state index contributed by atoms with van der Waals surface area (Å²) in [5, 5.41) is 0. The Labute approximate surface area is 277 Å². The lowest BCUT2D eigenvalue weighted by Crippen LogP contribution is -2.60. The van der Waals surface area contributed by atoms with Gasteiger partial charge in [0, 0.05) is 46.2 Å². The molecule has 4 rings (SSSR count). The molecule has 0 bridgehead atoms. The van der Waals surface area contributed by atoms with Gasteiger partial charge < -0.3 is 18.9 Å². The van der Waals surface area contributed by atoms with Gasteiger partial charge in [-0.05, 0) is 100 Å². The van der Waals surface area contributed by atoms with E-state index in [-0.39, 0.29) is 0 Å². The molecular formula is C40H60N4Si. The molecule has 2 aromatic carbocycles. The van der Waals surface area contributed by atoms with Crippen LogP contribution in [0.4, 0.5) is 11.4 Å². The molecular weight excluding hydrogens is 565 g/mol. The smallest absolute Gasteiger partial charge is 0.312 e. The van der Waals surface area contributed by atoms with Crippen molar-refractivity contribution in [2.45, 2.75) is 140 Å². The minimum absolute atomic E-state index is 0.314. The second-order valence-electron chi connectivity index (χ2n) is 14.9. The summed E-state index contributed by atoms with van der Waals surface area (Å²) in [6.07, 6.45) is 2.35. The summed E-state index contributed by atoms with van der Waals surface area (Å²) in [7, 11) is -1.75. The predicted molar refractivity (Wildman–Crippen MR) is 200 cm³/mol. The maximum Gasteiger partial charge on any atom is 0.312 e. The van der Waals surface area contributed by atoms with E-state index in [1.807, 2.05) is 0 Å². The van der Waals surface area contributed by atoms with E-state index in [1.54, 1.807) is 0 Å². The first-order chi connectivity index (χ1) is 21.0. The van der Waals surface area contributed by atoms with E-state index in [4.69, 9.17) is 6.58 Å². The molecule has 0 aliphatic carbocycles. The van der Waals surface area contributed by atoms with Crippen LogP contribution in [0, 0.1) is 0 Å². The first kappa shape index (κ1) is 34.8. The first-order valence-electron chi connectivity index (χ1n) is 17.3. The normalized spacial score (nSPS) is 16.5. The summed E-state index contributed by atoms with van der Waals surface area (Å²) in [6.45, 7) is 39.9. The van der Waals surface area contributed by atoms with E-state index < -0.39 is 8.73 Å². The molecule has 0 saturated carbocycles. The Morgan fingerprint density at radius 1 is 0.533 bits per heavy atom. The topological polar surface area (TPSA) is 13.0 Å². The van der Waals surface area contributed by atoms with Gasteiger partial charge in [0.25, 0.3) is 0 Å². The summed E-state index contributed by atoms with van der Waals surface area (Å²) in [4.78, 5) is 5.30. The standard InChI is InChI=1S/C40H60N4Si/c1-24(2)34-19-17-20-35(25(3)4)38(34)43-30(13)23-31(14)44(39-36(26(5)6)21-18-22-37(39)27(7)8)45(43)40-41(28(9)10)32(15)33(16)42(40)29(11)12/h17-29H,13H2,1-12,14-16H3. The quantitative estimate of drug-likeness (QED) is 0.271. The number of nitrogens with zero attached hydrogens (tertiary/aromatic N) is 4. The van der Waals surface area contributed by atoms with Gasteiger partial charge in [-0.15, -0.1) is 0 Å². The van der Waals surface area contributed by atoms with Crippen LogP contribution in [0.15, 0.2) is 71.8 Å². The van der Waals surface area contributed by atoms with Crippen LogP contribution in [0.25, 0.3) is 0 Å². The zero-order valence-corrected chi connectivity index (χ0v) is 32.0. The van der Waals surface area contributed by atoms with Crippen LogP contribution in [0.3, 0.4) is 0 Å². The van der Waals surface area contributed by atoms with E-state index in [0.29, 0.717) is 35.8 Å². The zero-order chi connectivity index (χ0) is 33.7. The van der Waals surface area contributed by atoms with Gasteiger partial charge in [-0.1, -0.05) is 98.4 Å². The average Bonchev–Trinajstić information content (AvgIpc) is 3.21. The minimum Gasteiger partial charge on any atom is -0.332 e. The Balaban J connectivity index is 2.32. The Kier molecular flexibility index (Phi) is 10.3. The molecule has 2 aromatic rings. The van der Waals surface area contributed by atoms with Crippen molar-refractivity contribution in [1.29, 1.82) is 0 Å². The van der Waals surface area contributed by atoms with Crippen molar-refractivity contribution in [3.63, 3.8) is 0 Å². The highest BCUT2D eigenvalue weighted by atomic mass is 28.3. The van der Waals surface area contributed by atoms with Gasteiger partial charge in [-0.25, -0.2) is 0 Å². The summed E-state index contributed by atoms with van der Waals surface area (Å²) < 4.78 is 5.48. The van der Waals surface area contributed by atoms with Crippen molar-refractivity contribution >= 4 is 25.5 Å². The van der Waals surface area contributed by atoms with Crippen molar-refractivity contribution in [1.82, 2.24) is 9.80 Å². The van der Waals surface area contributed by atoms with E-state index in [0.717, 1.165) is 5.70 Å². The van der Waals surface area contributed by atoms with Crippen LogP contribution in [-0.4, -0.2) is 36.0 Å². The maximum absolute atomic E-state index is 4.85. The largest absolute Gasteiger partial charge is 0.332 e. The molecule has 4 nitrogen and oxygen atoms in total. The van der Waals surface area contributed by atoms with E-state index >= 15 is 0 Å². The fourth-order valence-electron chi connectivity index (χ4n) is 7.31. The molecule has 0 atom stereocenters. The Hall–Kier alpha value is -3.05. The highest BCUT2D eigenvalue weighted by molar-refractivity contribution is 6.78. The third-order valence-electron chi connectivity index (χ3n) is 9.51. The molecule has 0 fully saturated rings. The summed E-state index contributed by atoms with van der Waals surface area (Å²) in [5.74, 6) is 1.53. The van der Waals surface area contributed by atoms with Crippen LogP contribution in [0.1, 0.15) is 150 Å². The number of rotatable bonds is 8. The molecule has 5 heteroatoms. The summed E-state index contributed by atoms with van der Waals surface area (Å²) >= 11 is 0. The molecule has 0 spiro atoms. The highest BCUT2D eigenvalue weighted by Crippen LogP contribution is 2.44. The van der Waals surface area contributed by atoms with Crippen LogP contribution in [-0.2, 0) is 0 Å².